The third-order valence-electron chi connectivity index (χ3n) is 1.89. The van der Waals surface area contributed by atoms with E-state index < -0.39 is 15.6 Å². The lowest BCUT2D eigenvalue weighted by Crippen LogP contribution is -2.48. The summed E-state index contributed by atoms with van der Waals surface area (Å²) in [6.07, 6.45) is 1.28. The topological polar surface area (TPSA) is 101 Å². The van der Waals surface area contributed by atoms with Crippen LogP contribution in [0.2, 0.25) is 0 Å². The number of nitrogens with one attached hydrogen (secondary N) is 2. The van der Waals surface area contributed by atoms with Gasteiger partial charge in [-0.15, -0.1) is 0 Å². The Bertz CT molecular complexity index is 435. The third-order valence-corrected chi connectivity index (χ3v) is 3.50. The Balaban J connectivity index is 2.95. The predicted octanol–water partition coefficient (Wildman–Crippen LogP) is -0.266. The number of hydrogen-bond donors (Lipinski definition) is 3. The Morgan fingerprint density at radius 3 is 2.60 bits per heavy atom. The minimum atomic E-state index is -3.56. The fourth-order valence-electron chi connectivity index (χ4n) is 0.995. The lowest BCUT2D eigenvalue weighted by molar-refractivity contribution is 0.461. The molecule has 0 aliphatic carbocycles. The summed E-state index contributed by atoms with van der Waals surface area (Å²) in [5.74, 6) is 0.556. The number of aromatic nitrogens is 2. The predicted molar refractivity (Wildman–Crippen MR) is 56.8 cm³/mol. The second-order valence-corrected chi connectivity index (χ2v) is 5.68. The highest BCUT2D eigenvalue weighted by molar-refractivity contribution is 7.89. The zero-order chi connectivity index (χ0) is 11.7. The van der Waals surface area contributed by atoms with Crippen molar-refractivity contribution in [2.45, 2.75) is 31.3 Å². The van der Waals surface area contributed by atoms with Gasteiger partial charge in [0.2, 0.25) is 0 Å². The molecule has 15 heavy (non-hydrogen) atoms. The van der Waals surface area contributed by atoms with E-state index in [4.69, 9.17) is 5.73 Å². The van der Waals surface area contributed by atoms with E-state index in [0.717, 1.165) is 0 Å². The molecule has 0 saturated heterocycles. The number of aryl methyl sites for hydroxylation is 1. The SMILES string of the molecule is Cc1ncc(S(=O)(=O)NC(C)(C)CN)[nH]1. The van der Waals surface area contributed by atoms with Crippen LogP contribution in [0.5, 0.6) is 0 Å². The molecule has 0 amide bonds. The fourth-order valence-corrected chi connectivity index (χ4v) is 2.39. The van der Waals surface area contributed by atoms with Crippen LogP contribution < -0.4 is 10.5 Å². The van der Waals surface area contributed by atoms with Gasteiger partial charge < -0.3 is 10.7 Å². The van der Waals surface area contributed by atoms with E-state index in [1.54, 1.807) is 20.8 Å². The molecular weight excluding hydrogens is 216 g/mol. The summed E-state index contributed by atoms with van der Waals surface area (Å²) in [5, 5.41) is 0.0570. The largest absolute Gasteiger partial charge is 0.332 e. The molecule has 0 saturated carbocycles. The Morgan fingerprint density at radius 1 is 1.60 bits per heavy atom. The van der Waals surface area contributed by atoms with Gasteiger partial charge in [-0.2, -0.15) is 0 Å². The Labute approximate surface area is 89.3 Å². The smallest absolute Gasteiger partial charge is 0.258 e. The van der Waals surface area contributed by atoms with Gasteiger partial charge in [0.1, 0.15) is 5.82 Å². The first-order valence-electron chi connectivity index (χ1n) is 4.52. The van der Waals surface area contributed by atoms with Gasteiger partial charge in [-0.05, 0) is 20.8 Å². The first-order valence-corrected chi connectivity index (χ1v) is 6.01. The normalized spacial score (nSPS) is 13.1. The lowest BCUT2D eigenvalue weighted by atomic mass is 10.1. The van der Waals surface area contributed by atoms with Crippen molar-refractivity contribution < 1.29 is 8.42 Å². The second-order valence-electron chi connectivity index (χ2n) is 4.03. The third kappa shape index (κ3) is 3.01. The molecule has 0 aliphatic heterocycles. The van der Waals surface area contributed by atoms with Crippen molar-refractivity contribution in [3.05, 3.63) is 12.0 Å². The van der Waals surface area contributed by atoms with Crippen molar-refractivity contribution in [2.75, 3.05) is 6.54 Å². The molecule has 86 valence electrons. The van der Waals surface area contributed by atoms with Gasteiger partial charge in [0.15, 0.2) is 5.03 Å². The van der Waals surface area contributed by atoms with Crippen LogP contribution in [-0.2, 0) is 10.0 Å². The van der Waals surface area contributed by atoms with E-state index in [-0.39, 0.29) is 11.6 Å². The number of H-pyrrole nitrogens is 1. The number of aromatic amines is 1. The minimum absolute atomic E-state index is 0.0570. The molecule has 0 fully saturated rings. The van der Waals surface area contributed by atoms with Crippen LogP contribution in [0.3, 0.4) is 0 Å². The highest BCUT2D eigenvalue weighted by atomic mass is 32.2. The van der Waals surface area contributed by atoms with Crippen molar-refractivity contribution in [2.24, 2.45) is 5.73 Å². The van der Waals surface area contributed by atoms with Crippen LogP contribution in [-0.4, -0.2) is 30.5 Å². The van der Waals surface area contributed by atoms with Gasteiger partial charge in [-0.1, -0.05) is 0 Å². The first kappa shape index (κ1) is 12.2. The Hall–Kier alpha value is -0.920. The number of imidazole rings is 1. The van der Waals surface area contributed by atoms with Crippen LogP contribution in [0.15, 0.2) is 11.2 Å². The second kappa shape index (κ2) is 3.92. The molecule has 0 radical (unpaired) electrons. The molecule has 1 heterocycles. The molecule has 6 nitrogen and oxygen atoms in total. The quantitative estimate of drug-likeness (QED) is 0.665. The maximum absolute atomic E-state index is 11.8. The van der Waals surface area contributed by atoms with Gasteiger partial charge in [0.25, 0.3) is 10.0 Å². The summed E-state index contributed by atoms with van der Waals surface area (Å²) in [5.41, 5.74) is 4.78. The monoisotopic (exact) mass is 232 g/mol. The van der Waals surface area contributed by atoms with Crippen LogP contribution in [0.1, 0.15) is 19.7 Å². The summed E-state index contributed by atoms with van der Waals surface area (Å²) in [6.45, 7) is 5.34. The van der Waals surface area contributed by atoms with Crippen molar-refractivity contribution in [3.8, 4) is 0 Å². The summed E-state index contributed by atoms with van der Waals surface area (Å²) < 4.78 is 26.1. The molecule has 7 heteroatoms. The zero-order valence-electron chi connectivity index (χ0n) is 9.03. The first-order chi connectivity index (χ1) is 6.77. The van der Waals surface area contributed by atoms with E-state index in [9.17, 15) is 8.42 Å². The van der Waals surface area contributed by atoms with Gasteiger partial charge >= 0.3 is 0 Å². The van der Waals surface area contributed by atoms with Crippen LogP contribution >= 0.6 is 0 Å². The fraction of sp³-hybridized carbons (Fsp3) is 0.625. The maximum Gasteiger partial charge on any atom is 0.258 e. The molecular formula is C8H16N4O2S. The van der Waals surface area contributed by atoms with Crippen molar-refractivity contribution >= 4 is 10.0 Å². The van der Waals surface area contributed by atoms with E-state index >= 15 is 0 Å². The number of nitrogens with two attached hydrogens (primary N) is 1. The van der Waals surface area contributed by atoms with Gasteiger partial charge in [-0.25, -0.2) is 18.1 Å². The molecule has 1 aromatic heterocycles. The number of hydrogen-bond acceptors (Lipinski definition) is 4. The highest BCUT2D eigenvalue weighted by Gasteiger charge is 2.25. The molecule has 0 spiro atoms. The molecule has 0 aliphatic rings. The zero-order valence-corrected chi connectivity index (χ0v) is 9.85. The number of sulfonamides is 1. The maximum atomic E-state index is 11.8. The van der Waals surface area contributed by atoms with Crippen LogP contribution in [0, 0.1) is 6.92 Å². The minimum Gasteiger partial charge on any atom is -0.332 e. The van der Waals surface area contributed by atoms with E-state index in [0.29, 0.717) is 5.82 Å². The molecule has 0 unspecified atom stereocenters. The van der Waals surface area contributed by atoms with Crippen LogP contribution in [0.4, 0.5) is 0 Å². The summed E-state index contributed by atoms with van der Waals surface area (Å²) in [7, 11) is -3.56. The Kier molecular flexibility index (Phi) is 3.17. The van der Waals surface area contributed by atoms with Gasteiger partial charge in [0.05, 0.1) is 6.20 Å². The van der Waals surface area contributed by atoms with E-state index in [2.05, 4.69) is 14.7 Å². The summed E-state index contributed by atoms with van der Waals surface area (Å²) in [4.78, 5) is 6.49. The van der Waals surface area contributed by atoms with Gasteiger partial charge in [0, 0.05) is 12.1 Å². The van der Waals surface area contributed by atoms with Crippen molar-refractivity contribution in [1.82, 2.24) is 14.7 Å². The van der Waals surface area contributed by atoms with Crippen molar-refractivity contribution in [1.29, 1.82) is 0 Å². The standard InChI is InChI=1S/C8H16N4O2S/c1-6-10-4-7(11-6)15(13,14)12-8(2,3)5-9/h4,12H,5,9H2,1-3H3,(H,10,11). The molecule has 1 aromatic rings. The molecule has 0 atom stereocenters. The highest BCUT2D eigenvalue weighted by Crippen LogP contribution is 2.09. The summed E-state index contributed by atoms with van der Waals surface area (Å²) >= 11 is 0. The van der Waals surface area contributed by atoms with Gasteiger partial charge in [-0.3, -0.25) is 0 Å². The van der Waals surface area contributed by atoms with E-state index in [1.165, 1.54) is 6.20 Å². The number of rotatable bonds is 4. The molecule has 4 N–H and O–H groups in total. The van der Waals surface area contributed by atoms with E-state index in [1.807, 2.05) is 0 Å². The van der Waals surface area contributed by atoms with Crippen LogP contribution in [0.25, 0.3) is 0 Å². The van der Waals surface area contributed by atoms with Crippen molar-refractivity contribution in [3.63, 3.8) is 0 Å². The number of nitrogens with zero attached hydrogens (tertiary/aromatic N) is 1. The molecule has 0 bridgehead atoms. The summed E-state index contributed by atoms with van der Waals surface area (Å²) in [6, 6.07) is 0. The Morgan fingerprint density at radius 2 is 2.20 bits per heavy atom. The average Bonchev–Trinajstić information content (AvgIpc) is 2.51. The lowest BCUT2D eigenvalue weighted by Gasteiger charge is -2.23. The average molecular weight is 232 g/mol. The molecule has 1 rings (SSSR count). The molecule has 0 aromatic carbocycles.